The molecule has 0 saturated heterocycles. The van der Waals surface area contributed by atoms with Gasteiger partial charge < -0.3 is 0 Å². The van der Waals surface area contributed by atoms with Crippen molar-refractivity contribution < 1.29 is 9.78 Å². The maximum absolute atomic E-state index is 6.09. The van der Waals surface area contributed by atoms with E-state index in [4.69, 9.17) is 9.78 Å². The average Bonchev–Trinajstić information content (AvgIpc) is 2.33. The fraction of sp³-hybridized carbons (Fsp3) is 1.00. The second-order valence-corrected chi connectivity index (χ2v) is 13.2. The highest BCUT2D eigenvalue weighted by Gasteiger charge is 2.26. The summed E-state index contributed by atoms with van der Waals surface area (Å²) in [6.07, 6.45) is 6.84. The Morgan fingerprint density at radius 1 is 0.462 bits per heavy atom. The Labute approximate surface area is 165 Å². The van der Waals surface area contributed by atoms with E-state index in [2.05, 4.69) is 83.1 Å². The van der Waals surface area contributed by atoms with E-state index < -0.39 is 0 Å². The van der Waals surface area contributed by atoms with Crippen molar-refractivity contribution in [1.29, 1.82) is 0 Å². The Kier molecular flexibility index (Phi) is 9.89. The molecule has 0 radical (unpaired) electrons. The fourth-order valence-electron chi connectivity index (χ4n) is 3.08. The predicted molar refractivity (Wildman–Crippen MR) is 115 cm³/mol. The first-order valence-corrected chi connectivity index (χ1v) is 10.7. The minimum atomic E-state index is 0.173. The lowest BCUT2D eigenvalue weighted by molar-refractivity contribution is -0.360. The number of hydrogen-bond donors (Lipinski definition) is 0. The zero-order chi connectivity index (χ0) is 20.8. The van der Waals surface area contributed by atoms with E-state index in [9.17, 15) is 0 Å². The van der Waals surface area contributed by atoms with Crippen LogP contribution in [0.4, 0.5) is 0 Å². The molecule has 0 rings (SSSR count). The van der Waals surface area contributed by atoms with E-state index in [0.717, 1.165) is 38.5 Å². The average molecular weight is 371 g/mol. The van der Waals surface area contributed by atoms with Crippen LogP contribution < -0.4 is 0 Å². The Bertz CT molecular complexity index is 333. The molecule has 0 bridgehead atoms. The van der Waals surface area contributed by atoms with Crippen LogP contribution in [0.5, 0.6) is 0 Å². The first-order valence-electron chi connectivity index (χ1n) is 10.7. The molecule has 0 fully saturated rings. The van der Waals surface area contributed by atoms with Gasteiger partial charge in [0, 0.05) is 0 Å². The van der Waals surface area contributed by atoms with Crippen LogP contribution in [0, 0.1) is 21.7 Å². The van der Waals surface area contributed by atoms with Crippen LogP contribution in [0.2, 0.25) is 0 Å². The zero-order valence-electron chi connectivity index (χ0n) is 20.2. The van der Waals surface area contributed by atoms with E-state index in [1.165, 1.54) is 0 Å². The lowest BCUT2D eigenvalue weighted by Crippen LogP contribution is -2.28. The van der Waals surface area contributed by atoms with Gasteiger partial charge in [-0.3, -0.25) is 0 Å². The van der Waals surface area contributed by atoms with Gasteiger partial charge in [0.1, 0.15) is 0 Å². The van der Waals surface area contributed by atoms with Crippen LogP contribution in [0.1, 0.15) is 122 Å². The number of rotatable bonds is 9. The Balaban J connectivity index is 4.87. The van der Waals surface area contributed by atoms with Crippen molar-refractivity contribution in [2.45, 2.75) is 134 Å². The van der Waals surface area contributed by atoms with Crippen LogP contribution in [0.15, 0.2) is 0 Å². The second-order valence-electron chi connectivity index (χ2n) is 13.2. The van der Waals surface area contributed by atoms with Gasteiger partial charge in [-0.15, -0.1) is 0 Å². The molecule has 0 aromatic heterocycles. The van der Waals surface area contributed by atoms with Gasteiger partial charge in [0.15, 0.2) is 0 Å². The minimum Gasteiger partial charge on any atom is -0.233 e. The van der Waals surface area contributed by atoms with Crippen molar-refractivity contribution in [3.8, 4) is 0 Å². The highest BCUT2D eigenvalue weighted by atomic mass is 17.2. The van der Waals surface area contributed by atoms with Gasteiger partial charge in [-0.05, 0) is 60.2 Å². The van der Waals surface area contributed by atoms with E-state index in [-0.39, 0.29) is 23.0 Å². The van der Waals surface area contributed by atoms with Crippen molar-refractivity contribution in [3.63, 3.8) is 0 Å². The maximum Gasteiger partial charge on any atom is 0.0935 e. The van der Waals surface area contributed by atoms with Crippen molar-refractivity contribution in [3.05, 3.63) is 0 Å². The van der Waals surface area contributed by atoms with Gasteiger partial charge >= 0.3 is 0 Å². The standard InChI is InChI=1S/C24H50O2/c1-21(2,3)15-13-19(17-23(7,8)9)25-26-20(18-24(10,11)12)14-16-22(4,5)6/h19-20H,13-18H2,1-12H3. The van der Waals surface area contributed by atoms with E-state index in [1.54, 1.807) is 0 Å². The molecular weight excluding hydrogens is 320 g/mol. The van der Waals surface area contributed by atoms with Crippen molar-refractivity contribution in [1.82, 2.24) is 0 Å². The van der Waals surface area contributed by atoms with Crippen LogP contribution in [0.25, 0.3) is 0 Å². The summed E-state index contributed by atoms with van der Waals surface area (Å²) in [5.74, 6) is 0. The molecule has 2 unspecified atom stereocenters. The molecule has 0 saturated carbocycles. The molecule has 0 amide bonds. The molecule has 26 heavy (non-hydrogen) atoms. The lowest BCUT2D eigenvalue weighted by atomic mass is 9.83. The number of hydrogen-bond acceptors (Lipinski definition) is 2. The van der Waals surface area contributed by atoms with Crippen LogP contribution >= 0.6 is 0 Å². The molecule has 0 aliphatic heterocycles. The largest absolute Gasteiger partial charge is 0.233 e. The summed E-state index contributed by atoms with van der Waals surface area (Å²) in [6, 6.07) is 0. The van der Waals surface area contributed by atoms with Crippen molar-refractivity contribution in [2.75, 3.05) is 0 Å². The minimum absolute atomic E-state index is 0.173. The fourth-order valence-corrected chi connectivity index (χ4v) is 3.08. The second kappa shape index (κ2) is 9.92. The molecular formula is C24H50O2. The van der Waals surface area contributed by atoms with Gasteiger partial charge in [-0.2, -0.15) is 0 Å². The van der Waals surface area contributed by atoms with Crippen LogP contribution in [0.3, 0.4) is 0 Å². The summed E-state index contributed by atoms with van der Waals surface area (Å²) in [4.78, 5) is 12.2. The first kappa shape index (κ1) is 25.9. The summed E-state index contributed by atoms with van der Waals surface area (Å²) in [6.45, 7) is 27.5. The summed E-state index contributed by atoms with van der Waals surface area (Å²) < 4.78 is 0. The molecule has 0 aliphatic carbocycles. The normalized spacial score (nSPS) is 16.6. The molecule has 2 heteroatoms. The monoisotopic (exact) mass is 370 g/mol. The Morgan fingerprint density at radius 3 is 0.923 bits per heavy atom. The highest BCUT2D eigenvalue weighted by molar-refractivity contribution is 4.74. The molecule has 0 aliphatic rings. The summed E-state index contributed by atoms with van der Waals surface area (Å²) >= 11 is 0. The van der Waals surface area contributed by atoms with Gasteiger partial charge in [-0.1, -0.05) is 83.1 Å². The molecule has 0 heterocycles. The zero-order valence-corrected chi connectivity index (χ0v) is 20.2. The third-order valence-electron chi connectivity index (χ3n) is 4.44. The van der Waals surface area contributed by atoms with E-state index >= 15 is 0 Å². The molecule has 0 aromatic carbocycles. The molecule has 2 nitrogen and oxygen atoms in total. The van der Waals surface area contributed by atoms with Crippen LogP contribution in [-0.4, -0.2) is 12.2 Å². The quantitative estimate of drug-likeness (QED) is 0.301. The lowest BCUT2D eigenvalue weighted by Gasteiger charge is -2.31. The van der Waals surface area contributed by atoms with Gasteiger partial charge in [-0.25, -0.2) is 9.78 Å². The smallest absolute Gasteiger partial charge is 0.0935 e. The van der Waals surface area contributed by atoms with E-state index in [0.29, 0.717) is 10.8 Å². The summed E-state index contributed by atoms with van der Waals surface area (Å²) in [7, 11) is 0. The molecule has 0 spiro atoms. The third-order valence-corrected chi connectivity index (χ3v) is 4.44. The molecule has 2 atom stereocenters. The third kappa shape index (κ3) is 17.3. The van der Waals surface area contributed by atoms with Crippen molar-refractivity contribution in [2.24, 2.45) is 21.7 Å². The maximum atomic E-state index is 6.09. The first-order chi connectivity index (χ1) is 11.4. The molecule has 0 N–H and O–H groups in total. The van der Waals surface area contributed by atoms with Gasteiger partial charge in [0.25, 0.3) is 0 Å². The Hall–Kier alpha value is -0.0800. The highest BCUT2D eigenvalue weighted by Crippen LogP contribution is 2.32. The molecule has 158 valence electrons. The topological polar surface area (TPSA) is 18.5 Å². The van der Waals surface area contributed by atoms with Gasteiger partial charge in [0.05, 0.1) is 12.2 Å². The van der Waals surface area contributed by atoms with E-state index in [1.807, 2.05) is 0 Å². The van der Waals surface area contributed by atoms with Crippen molar-refractivity contribution >= 4 is 0 Å². The Morgan fingerprint density at radius 2 is 0.731 bits per heavy atom. The summed E-state index contributed by atoms with van der Waals surface area (Å²) in [5, 5.41) is 0. The SMILES string of the molecule is CC(C)(C)CCC(CC(C)(C)C)OOC(CCC(C)(C)C)CC(C)(C)C. The predicted octanol–water partition coefficient (Wildman–Crippen LogP) is 8.20. The summed E-state index contributed by atoms with van der Waals surface area (Å²) in [5.41, 5.74) is 1.15. The van der Waals surface area contributed by atoms with Crippen LogP contribution in [-0.2, 0) is 9.78 Å². The molecule has 0 aromatic rings. The van der Waals surface area contributed by atoms with Gasteiger partial charge in [0.2, 0.25) is 0 Å².